The Hall–Kier alpha value is -1.07. The van der Waals surface area contributed by atoms with Gasteiger partial charge in [-0.15, -0.1) is 0 Å². The number of carbonyl (C=O) groups is 2. The third kappa shape index (κ3) is 4.21. The maximum Gasteiger partial charge on any atom is 0.326 e. The average Bonchev–Trinajstić information content (AvgIpc) is 2.37. The van der Waals surface area contributed by atoms with E-state index in [4.69, 9.17) is 16.7 Å². The Kier molecular flexibility index (Phi) is 5.82. The molecule has 2 N–H and O–H groups in total. The summed E-state index contributed by atoms with van der Waals surface area (Å²) in [5, 5.41) is 12.1. The molecule has 0 aromatic heterocycles. The topological polar surface area (TPSA) is 66.4 Å². The molecule has 0 bridgehead atoms. The van der Waals surface area contributed by atoms with Gasteiger partial charge in [0.25, 0.3) is 5.91 Å². The molecule has 104 valence electrons. The third-order valence-electron chi connectivity index (χ3n) is 2.95. The van der Waals surface area contributed by atoms with Crippen LogP contribution in [0.4, 0.5) is 0 Å². The molecular formula is C13H15BrClNO3. The first-order valence-electron chi connectivity index (χ1n) is 5.85. The normalized spacial score (nSPS) is 13.7. The number of hydrogen-bond donors (Lipinski definition) is 2. The number of rotatable bonds is 5. The van der Waals surface area contributed by atoms with Crippen LogP contribution in [0.25, 0.3) is 0 Å². The number of amides is 1. The minimum absolute atomic E-state index is 0.141. The van der Waals surface area contributed by atoms with Gasteiger partial charge in [-0.1, -0.05) is 31.9 Å². The van der Waals surface area contributed by atoms with E-state index in [9.17, 15) is 9.59 Å². The Labute approximate surface area is 125 Å². The number of nitrogens with one attached hydrogen (secondary N) is 1. The highest BCUT2D eigenvalue weighted by molar-refractivity contribution is 9.10. The van der Waals surface area contributed by atoms with Gasteiger partial charge in [-0.25, -0.2) is 4.79 Å². The second kappa shape index (κ2) is 6.91. The molecule has 0 aliphatic heterocycles. The van der Waals surface area contributed by atoms with Crippen LogP contribution >= 0.6 is 27.5 Å². The van der Waals surface area contributed by atoms with Crippen molar-refractivity contribution in [3.05, 3.63) is 33.3 Å². The van der Waals surface area contributed by atoms with Gasteiger partial charge in [-0.2, -0.15) is 0 Å². The Balaban J connectivity index is 2.87. The lowest BCUT2D eigenvalue weighted by molar-refractivity contribution is -0.140. The van der Waals surface area contributed by atoms with Crippen molar-refractivity contribution in [3.8, 4) is 0 Å². The average molecular weight is 349 g/mol. The summed E-state index contributed by atoms with van der Waals surface area (Å²) in [4.78, 5) is 23.1. The van der Waals surface area contributed by atoms with Crippen molar-refractivity contribution in [2.75, 3.05) is 0 Å². The van der Waals surface area contributed by atoms with E-state index in [1.54, 1.807) is 25.1 Å². The quantitative estimate of drug-likeness (QED) is 0.857. The van der Waals surface area contributed by atoms with Crippen molar-refractivity contribution in [1.82, 2.24) is 5.32 Å². The predicted molar refractivity (Wildman–Crippen MR) is 77.5 cm³/mol. The first-order chi connectivity index (χ1) is 8.86. The molecule has 0 radical (unpaired) electrons. The van der Waals surface area contributed by atoms with E-state index >= 15 is 0 Å². The third-order valence-corrected chi connectivity index (χ3v) is 4.16. The highest BCUT2D eigenvalue weighted by Gasteiger charge is 2.25. The molecule has 0 spiro atoms. The summed E-state index contributed by atoms with van der Waals surface area (Å²) in [6.07, 6.45) is 0.668. The van der Waals surface area contributed by atoms with Crippen molar-refractivity contribution in [2.45, 2.75) is 26.3 Å². The molecule has 1 aromatic rings. The van der Waals surface area contributed by atoms with Crippen LogP contribution in [0.5, 0.6) is 0 Å². The summed E-state index contributed by atoms with van der Waals surface area (Å²) in [6, 6.07) is 3.80. The molecule has 0 saturated heterocycles. The second-order valence-corrected chi connectivity index (χ2v) is 5.57. The summed E-state index contributed by atoms with van der Waals surface area (Å²) in [7, 11) is 0. The number of hydrogen-bond acceptors (Lipinski definition) is 2. The van der Waals surface area contributed by atoms with Crippen LogP contribution in [0.3, 0.4) is 0 Å². The number of benzene rings is 1. The molecule has 1 amide bonds. The molecule has 1 rings (SSSR count). The van der Waals surface area contributed by atoms with Gasteiger partial charge in [0, 0.05) is 10.0 Å². The Morgan fingerprint density at radius 3 is 2.58 bits per heavy atom. The Morgan fingerprint density at radius 2 is 2.11 bits per heavy atom. The predicted octanol–water partition coefficient (Wildman–Crippen LogP) is 3.33. The van der Waals surface area contributed by atoms with Crippen LogP contribution in [0.2, 0.25) is 5.02 Å². The smallest absolute Gasteiger partial charge is 0.326 e. The Morgan fingerprint density at radius 1 is 1.47 bits per heavy atom. The fourth-order valence-electron chi connectivity index (χ4n) is 1.55. The van der Waals surface area contributed by atoms with E-state index in [1.165, 1.54) is 0 Å². The summed E-state index contributed by atoms with van der Waals surface area (Å²) in [5.41, 5.74) is 0.367. The van der Waals surface area contributed by atoms with Crippen LogP contribution in [-0.4, -0.2) is 23.0 Å². The molecule has 0 heterocycles. The minimum atomic E-state index is -1.03. The molecule has 19 heavy (non-hydrogen) atoms. The van der Waals surface area contributed by atoms with Gasteiger partial charge in [0.15, 0.2) is 0 Å². The Bertz CT molecular complexity index is 493. The van der Waals surface area contributed by atoms with Gasteiger partial charge in [0.1, 0.15) is 6.04 Å². The van der Waals surface area contributed by atoms with E-state index in [0.717, 1.165) is 0 Å². The van der Waals surface area contributed by atoms with E-state index < -0.39 is 17.9 Å². The lowest BCUT2D eigenvalue weighted by Crippen LogP contribution is -2.45. The lowest BCUT2D eigenvalue weighted by atomic mass is 9.99. The van der Waals surface area contributed by atoms with Gasteiger partial charge in [-0.05, 0) is 40.0 Å². The van der Waals surface area contributed by atoms with Crippen molar-refractivity contribution in [3.63, 3.8) is 0 Å². The summed E-state index contributed by atoms with van der Waals surface area (Å²) < 4.78 is 0.595. The van der Waals surface area contributed by atoms with Crippen molar-refractivity contribution in [1.29, 1.82) is 0 Å². The minimum Gasteiger partial charge on any atom is -0.480 e. The molecule has 1 aromatic carbocycles. The van der Waals surface area contributed by atoms with Crippen molar-refractivity contribution < 1.29 is 14.7 Å². The van der Waals surface area contributed by atoms with Crippen LogP contribution in [0, 0.1) is 5.92 Å². The van der Waals surface area contributed by atoms with E-state index in [0.29, 0.717) is 21.5 Å². The van der Waals surface area contributed by atoms with E-state index in [2.05, 4.69) is 21.2 Å². The number of carboxylic acid groups (broad SMARTS) is 1. The van der Waals surface area contributed by atoms with Gasteiger partial charge < -0.3 is 10.4 Å². The van der Waals surface area contributed by atoms with Crippen LogP contribution in [0.15, 0.2) is 22.7 Å². The SMILES string of the molecule is CCC(C)[C@H](NC(=O)c1ccc(Cl)c(Br)c1)C(=O)O. The lowest BCUT2D eigenvalue weighted by Gasteiger charge is -2.20. The van der Waals surface area contributed by atoms with E-state index in [1.807, 2.05) is 6.92 Å². The molecule has 4 nitrogen and oxygen atoms in total. The maximum atomic E-state index is 12.0. The number of carboxylic acids is 1. The molecule has 0 aliphatic rings. The zero-order valence-electron chi connectivity index (χ0n) is 10.6. The summed E-state index contributed by atoms with van der Waals surface area (Å²) in [6.45, 7) is 3.67. The monoisotopic (exact) mass is 347 g/mol. The standard InChI is InChI=1S/C13H15BrClNO3/c1-3-7(2)11(13(18)19)16-12(17)8-4-5-10(15)9(14)6-8/h4-7,11H,3H2,1-2H3,(H,16,17)(H,18,19)/t7?,11-/m0/s1. The summed E-state index contributed by atoms with van der Waals surface area (Å²) in [5.74, 6) is -1.60. The van der Waals surface area contributed by atoms with Gasteiger partial charge in [-0.3, -0.25) is 4.79 Å². The maximum absolute atomic E-state index is 12.0. The van der Waals surface area contributed by atoms with Gasteiger partial charge in [0.2, 0.25) is 0 Å². The number of carbonyl (C=O) groups excluding carboxylic acids is 1. The molecule has 0 fully saturated rings. The first-order valence-corrected chi connectivity index (χ1v) is 7.02. The molecule has 2 atom stereocenters. The first kappa shape index (κ1) is 16.0. The molecule has 1 unspecified atom stereocenters. The van der Waals surface area contributed by atoms with E-state index in [-0.39, 0.29) is 5.92 Å². The number of halogens is 2. The highest BCUT2D eigenvalue weighted by Crippen LogP contribution is 2.23. The number of aliphatic carboxylic acids is 1. The fraction of sp³-hybridized carbons (Fsp3) is 0.385. The molecule has 0 saturated carbocycles. The largest absolute Gasteiger partial charge is 0.480 e. The van der Waals surface area contributed by atoms with Crippen LogP contribution < -0.4 is 5.32 Å². The highest BCUT2D eigenvalue weighted by atomic mass is 79.9. The van der Waals surface area contributed by atoms with Crippen molar-refractivity contribution in [2.24, 2.45) is 5.92 Å². The van der Waals surface area contributed by atoms with Crippen LogP contribution in [0.1, 0.15) is 30.6 Å². The molecular weight excluding hydrogens is 334 g/mol. The zero-order valence-corrected chi connectivity index (χ0v) is 13.0. The van der Waals surface area contributed by atoms with Gasteiger partial charge in [0.05, 0.1) is 5.02 Å². The van der Waals surface area contributed by atoms with Crippen LogP contribution in [-0.2, 0) is 4.79 Å². The van der Waals surface area contributed by atoms with Gasteiger partial charge >= 0.3 is 5.97 Å². The fourth-order valence-corrected chi connectivity index (χ4v) is 2.04. The molecule has 6 heteroatoms. The second-order valence-electron chi connectivity index (χ2n) is 4.30. The molecule has 0 aliphatic carbocycles. The zero-order chi connectivity index (χ0) is 14.6. The van der Waals surface area contributed by atoms with Crippen molar-refractivity contribution >= 4 is 39.4 Å². The summed E-state index contributed by atoms with van der Waals surface area (Å²) >= 11 is 9.07.